The molecular formula is C7H13N5O2. The zero-order chi connectivity index (χ0) is 10.4. The molecule has 1 aromatic heterocycles. The highest BCUT2D eigenvalue weighted by atomic mass is 16.2. The van der Waals surface area contributed by atoms with Crippen molar-refractivity contribution < 1.29 is 9.90 Å². The number of carbonyl (C=O) groups excluding carboxylic acids is 1. The lowest BCUT2D eigenvalue weighted by Gasteiger charge is -2.00. The summed E-state index contributed by atoms with van der Waals surface area (Å²) in [7, 11) is 0. The summed E-state index contributed by atoms with van der Waals surface area (Å²) in [6.45, 7) is 0.630. The number of aliphatic hydroxyl groups is 1. The van der Waals surface area contributed by atoms with Crippen molar-refractivity contribution in [3.63, 3.8) is 0 Å². The molecule has 14 heavy (non-hydrogen) atoms. The van der Waals surface area contributed by atoms with E-state index in [1.54, 1.807) is 0 Å². The molecule has 0 aliphatic rings. The summed E-state index contributed by atoms with van der Waals surface area (Å²) < 4.78 is 0. The highest BCUT2D eigenvalue weighted by Crippen LogP contribution is 1.92. The molecular weight excluding hydrogens is 186 g/mol. The minimum Gasteiger partial charge on any atom is -0.396 e. The van der Waals surface area contributed by atoms with Crippen molar-refractivity contribution in [2.24, 2.45) is 0 Å². The van der Waals surface area contributed by atoms with Crippen LogP contribution < -0.4 is 11.1 Å². The van der Waals surface area contributed by atoms with Crippen LogP contribution in [0.2, 0.25) is 0 Å². The molecule has 1 aromatic rings. The average Bonchev–Trinajstić information content (AvgIpc) is 2.59. The minimum absolute atomic E-state index is 0.0468. The molecule has 0 fully saturated rings. The van der Waals surface area contributed by atoms with Crippen LogP contribution in [0.5, 0.6) is 0 Å². The molecule has 1 amide bonds. The number of nitrogens with two attached hydrogens (primary N) is 1. The topological polar surface area (TPSA) is 117 Å². The lowest BCUT2D eigenvalue weighted by molar-refractivity contribution is 0.0942. The molecule has 0 bridgehead atoms. The van der Waals surface area contributed by atoms with Gasteiger partial charge in [0.25, 0.3) is 5.91 Å². The van der Waals surface area contributed by atoms with Crippen molar-refractivity contribution in [2.75, 3.05) is 18.9 Å². The maximum absolute atomic E-state index is 11.3. The van der Waals surface area contributed by atoms with Gasteiger partial charge in [-0.1, -0.05) is 0 Å². The molecule has 0 saturated heterocycles. The second-order valence-electron chi connectivity index (χ2n) is 2.73. The predicted octanol–water partition coefficient (Wildman–Crippen LogP) is -1.11. The Bertz CT molecular complexity index is 298. The maximum Gasteiger partial charge on any atom is 0.288 e. The van der Waals surface area contributed by atoms with Crippen LogP contribution in [0.1, 0.15) is 23.5 Å². The molecule has 0 aliphatic heterocycles. The Morgan fingerprint density at radius 3 is 2.93 bits per heavy atom. The fourth-order valence-electron chi connectivity index (χ4n) is 0.899. The predicted molar refractivity (Wildman–Crippen MR) is 49.4 cm³/mol. The Labute approximate surface area is 80.7 Å². The van der Waals surface area contributed by atoms with Crippen LogP contribution in [0.15, 0.2) is 0 Å². The van der Waals surface area contributed by atoms with E-state index in [1.807, 2.05) is 0 Å². The summed E-state index contributed by atoms with van der Waals surface area (Å²) in [5.41, 5.74) is 5.23. The van der Waals surface area contributed by atoms with Crippen LogP contribution in [-0.2, 0) is 0 Å². The van der Waals surface area contributed by atoms with Crippen molar-refractivity contribution in [1.82, 2.24) is 20.5 Å². The van der Waals surface area contributed by atoms with Crippen molar-refractivity contribution in [1.29, 1.82) is 0 Å². The molecule has 1 heterocycles. The van der Waals surface area contributed by atoms with E-state index in [-0.39, 0.29) is 24.3 Å². The Morgan fingerprint density at radius 2 is 2.36 bits per heavy atom. The van der Waals surface area contributed by atoms with Gasteiger partial charge in [0.05, 0.1) is 0 Å². The third kappa shape index (κ3) is 3.02. The van der Waals surface area contributed by atoms with Gasteiger partial charge in [0, 0.05) is 13.2 Å². The van der Waals surface area contributed by atoms with Crippen LogP contribution in [0.4, 0.5) is 5.95 Å². The summed E-state index contributed by atoms with van der Waals surface area (Å²) in [5.74, 6) is -0.191. The van der Waals surface area contributed by atoms with E-state index < -0.39 is 0 Å². The molecule has 0 aliphatic carbocycles. The zero-order valence-corrected chi connectivity index (χ0v) is 7.66. The number of aliphatic hydroxyl groups excluding tert-OH is 1. The summed E-state index contributed by atoms with van der Waals surface area (Å²) in [6, 6.07) is 0. The van der Waals surface area contributed by atoms with Gasteiger partial charge in [0.2, 0.25) is 11.8 Å². The number of H-pyrrole nitrogens is 1. The molecule has 0 radical (unpaired) electrons. The summed E-state index contributed by atoms with van der Waals surface area (Å²) in [4.78, 5) is 14.9. The van der Waals surface area contributed by atoms with E-state index in [2.05, 4.69) is 20.5 Å². The van der Waals surface area contributed by atoms with Crippen molar-refractivity contribution in [2.45, 2.75) is 12.8 Å². The van der Waals surface area contributed by atoms with Crippen LogP contribution in [0.25, 0.3) is 0 Å². The van der Waals surface area contributed by atoms with Crippen molar-refractivity contribution in [3.8, 4) is 0 Å². The van der Waals surface area contributed by atoms with Crippen LogP contribution in [0.3, 0.4) is 0 Å². The van der Waals surface area contributed by atoms with E-state index in [4.69, 9.17) is 10.8 Å². The van der Waals surface area contributed by atoms with Gasteiger partial charge in [-0.05, 0) is 12.8 Å². The number of hydrogen-bond donors (Lipinski definition) is 4. The number of aromatic amines is 1. The number of unbranched alkanes of at least 4 members (excludes halogenated alkanes) is 1. The quantitative estimate of drug-likeness (QED) is 0.448. The molecule has 0 atom stereocenters. The highest BCUT2D eigenvalue weighted by Gasteiger charge is 2.08. The smallest absolute Gasteiger partial charge is 0.288 e. The second-order valence-corrected chi connectivity index (χ2v) is 2.73. The summed E-state index contributed by atoms with van der Waals surface area (Å²) in [6.07, 6.45) is 1.39. The molecule has 1 rings (SSSR count). The Hall–Kier alpha value is -1.63. The standard InChI is InChI=1S/C7H13N5O2/c8-7-10-5(11-12-7)6(14)9-3-1-2-4-13/h13H,1-4H2,(H,9,14)(H3,8,10,11,12). The first kappa shape index (κ1) is 10.5. The second kappa shape index (κ2) is 5.18. The summed E-state index contributed by atoms with van der Waals surface area (Å²) in [5, 5.41) is 17.0. The molecule has 0 spiro atoms. The number of nitrogen functional groups attached to an aromatic ring is 1. The fourth-order valence-corrected chi connectivity index (χ4v) is 0.899. The van der Waals surface area contributed by atoms with Gasteiger partial charge in [0.1, 0.15) is 0 Å². The highest BCUT2D eigenvalue weighted by molar-refractivity contribution is 5.90. The van der Waals surface area contributed by atoms with Gasteiger partial charge in [-0.2, -0.15) is 4.98 Å². The number of amides is 1. The third-order valence-corrected chi connectivity index (χ3v) is 1.59. The molecule has 7 nitrogen and oxygen atoms in total. The summed E-state index contributed by atoms with van der Waals surface area (Å²) >= 11 is 0. The van der Waals surface area contributed by atoms with E-state index >= 15 is 0 Å². The minimum atomic E-state index is -0.341. The van der Waals surface area contributed by atoms with Crippen molar-refractivity contribution in [3.05, 3.63) is 5.82 Å². The van der Waals surface area contributed by atoms with Crippen LogP contribution in [0, 0.1) is 0 Å². The largest absolute Gasteiger partial charge is 0.396 e. The lowest BCUT2D eigenvalue weighted by Crippen LogP contribution is -2.25. The number of nitrogens with zero attached hydrogens (tertiary/aromatic N) is 2. The number of aromatic nitrogens is 3. The fraction of sp³-hybridized carbons (Fsp3) is 0.571. The Kier molecular flexibility index (Phi) is 3.86. The van der Waals surface area contributed by atoms with E-state index in [9.17, 15) is 4.79 Å². The molecule has 5 N–H and O–H groups in total. The maximum atomic E-state index is 11.3. The third-order valence-electron chi connectivity index (χ3n) is 1.59. The van der Waals surface area contributed by atoms with Crippen LogP contribution in [-0.4, -0.2) is 39.3 Å². The number of nitrogens with one attached hydrogen (secondary N) is 2. The first-order chi connectivity index (χ1) is 6.74. The van der Waals surface area contributed by atoms with Gasteiger partial charge in [-0.3, -0.25) is 9.89 Å². The monoisotopic (exact) mass is 199 g/mol. The lowest BCUT2D eigenvalue weighted by atomic mass is 10.3. The number of anilines is 1. The molecule has 0 aromatic carbocycles. The molecule has 0 unspecified atom stereocenters. The Morgan fingerprint density at radius 1 is 1.57 bits per heavy atom. The van der Waals surface area contributed by atoms with E-state index in [0.717, 1.165) is 6.42 Å². The Balaban J connectivity index is 2.29. The van der Waals surface area contributed by atoms with Gasteiger partial charge >= 0.3 is 0 Å². The first-order valence-corrected chi connectivity index (χ1v) is 4.31. The zero-order valence-electron chi connectivity index (χ0n) is 7.66. The number of rotatable bonds is 5. The molecule has 7 heteroatoms. The SMILES string of the molecule is Nc1n[nH]c(C(=O)NCCCCO)n1. The molecule has 0 saturated carbocycles. The van der Waals surface area contributed by atoms with E-state index in [0.29, 0.717) is 13.0 Å². The van der Waals surface area contributed by atoms with Gasteiger partial charge < -0.3 is 16.2 Å². The van der Waals surface area contributed by atoms with E-state index in [1.165, 1.54) is 0 Å². The molecule has 78 valence electrons. The van der Waals surface area contributed by atoms with Gasteiger partial charge in [-0.25, -0.2) is 0 Å². The van der Waals surface area contributed by atoms with Gasteiger partial charge in [-0.15, -0.1) is 5.10 Å². The normalized spacial score (nSPS) is 10.1. The number of carbonyl (C=O) groups is 1. The van der Waals surface area contributed by atoms with Gasteiger partial charge in [0.15, 0.2) is 0 Å². The van der Waals surface area contributed by atoms with Crippen LogP contribution >= 0.6 is 0 Å². The first-order valence-electron chi connectivity index (χ1n) is 4.31. The van der Waals surface area contributed by atoms with Crippen molar-refractivity contribution >= 4 is 11.9 Å². The number of hydrogen-bond acceptors (Lipinski definition) is 5. The average molecular weight is 199 g/mol.